The highest BCUT2D eigenvalue weighted by Gasteiger charge is 2.28. The van der Waals surface area contributed by atoms with Gasteiger partial charge in [0, 0.05) is 28.8 Å². The number of aromatic hydroxyl groups is 1. The molecule has 0 radical (unpaired) electrons. The molecule has 7 nitrogen and oxygen atoms in total. The maximum Gasteiger partial charge on any atom is 0.279 e. The number of hydrogen-bond acceptors (Lipinski definition) is 5. The first kappa shape index (κ1) is 19.6. The number of nitrogens with one attached hydrogen (secondary N) is 1. The van der Waals surface area contributed by atoms with Gasteiger partial charge in [-0.2, -0.15) is 0 Å². The molecule has 1 aromatic heterocycles. The van der Waals surface area contributed by atoms with Gasteiger partial charge in [0.25, 0.3) is 5.69 Å². The number of phenolic OH excluding ortho intramolecular Hbond substituents is 1. The van der Waals surface area contributed by atoms with Crippen LogP contribution in [0.2, 0.25) is 5.02 Å². The zero-order valence-corrected chi connectivity index (χ0v) is 16.0. The Labute approximate surface area is 166 Å². The van der Waals surface area contributed by atoms with Crippen LogP contribution in [-0.2, 0) is 4.79 Å². The highest BCUT2D eigenvalue weighted by atomic mass is 35.5. The molecule has 0 aliphatic heterocycles. The van der Waals surface area contributed by atoms with Crippen molar-refractivity contribution in [2.45, 2.75) is 19.9 Å². The molecule has 2 aromatic carbocycles. The first-order valence-electron chi connectivity index (χ1n) is 8.61. The van der Waals surface area contributed by atoms with Crippen LogP contribution in [0.5, 0.6) is 5.75 Å². The van der Waals surface area contributed by atoms with E-state index >= 15 is 0 Å². The van der Waals surface area contributed by atoms with E-state index in [0.717, 1.165) is 0 Å². The summed E-state index contributed by atoms with van der Waals surface area (Å²) >= 11 is 6.32. The molecule has 0 aliphatic carbocycles. The first-order valence-corrected chi connectivity index (χ1v) is 8.98. The van der Waals surface area contributed by atoms with Gasteiger partial charge in [-0.1, -0.05) is 43.6 Å². The molecule has 8 heteroatoms. The molecule has 0 unspecified atom stereocenters. The molecule has 0 saturated heterocycles. The Morgan fingerprint density at radius 1 is 1.21 bits per heavy atom. The summed E-state index contributed by atoms with van der Waals surface area (Å²) in [6, 6.07) is 10.3. The fraction of sp³-hybridized carbons (Fsp3) is 0.200. The van der Waals surface area contributed by atoms with Gasteiger partial charge in [0.05, 0.1) is 16.4 Å². The molecule has 0 bridgehead atoms. The van der Waals surface area contributed by atoms with Crippen LogP contribution in [0.25, 0.3) is 10.9 Å². The van der Waals surface area contributed by atoms with Gasteiger partial charge in [-0.25, -0.2) is 0 Å². The zero-order chi connectivity index (χ0) is 20.4. The second kappa shape index (κ2) is 7.82. The number of fused-ring (bicyclic) bond motifs is 1. The Bertz CT molecular complexity index is 1070. The number of nitro benzene ring substituents is 1. The van der Waals surface area contributed by atoms with E-state index in [1.54, 1.807) is 44.2 Å². The van der Waals surface area contributed by atoms with E-state index in [-0.39, 0.29) is 39.7 Å². The highest BCUT2D eigenvalue weighted by molar-refractivity contribution is 6.31. The molecule has 1 amide bonds. The molecule has 1 heterocycles. The number of carbonyl (C=O) groups is 1. The summed E-state index contributed by atoms with van der Waals surface area (Å²) in [6.45, 7) is 3.45. The Hall–Kier alpha value is -3.19. The van der Waals surface area contributed by atoms with Crippen LogP contribution in [0, 0.1) is 16.0 Å². The molecule has 0 aliphatic rings. The summed E-state index contributed by atoms with van der Waals surface area (Å²) in [5, 5.41) is 25.9. The molecule has 0 fully saturated rings. The monoisotopic (exact) mass is 399 g/mol. The second-order valence-corrected chi connectivity index (χ2v) is 7.02. The number of halogens is 1. The SMILES string of the molecule is CC(C)C(=O)N[C@H](c1ccccc1Cl)c1cc([N+](=O)[O-])c2cccnc2c1O. The van der Waals surface area contributed by atoms with Gasteiger partial charge in [-0.3, -0.25) is 19.9 Å². The molecule has 3 rings (SSSR count). The maximum absolute atomic E-state index is 12.4. The molecule has 0 spiro atoms. The van der Waals surface area contributed by atoms with E-state index in [1.165, 1.54) is 18.3 Å². The average Bonchev–Trinajstić information content (AvgIpc) is 2.67. The quantitative estimate of drug-likeness (QED) is 0.489. The Balaban J connectivity index is 2.29. The number of hydrogen-bond donors (Lipinski definition) is 2. The molecule has 2 N–H and O–H groups in total. The fourth-order valence-electron chi connectivity index (χ4n) is 2.94. The Kier molecular flexibility index (Phi) is 5.46. The largest absolute Gasteiger partial charge is 0.505 e. The van der Waals surface area contributed by atoms with Gasteiger partial charge in [0.2, 0.25) is 5.91 Å². The predicted molar refractivity (Wildman–Crippen MR) is 106 cm³/mol. The van der Waals surface area contributed by atoms with E-state index < -0.39 is 11.0 Å². The lowest BCUT2D eigenvalue weighted by molar-refractivity contribution is -0.383. The van der Waals surface area contributed by atoms with Crippen LogP contribution < -0.4 is 5.32 Å². The van der Waals surface area contributed by atoms with E-state index in [9.17, 15) is 20.0 Å². The fourth-order valence-corrected chi connectivity index (χ4v) is 3.19. The molecule has 1 atom stereocenters. The van der Waals surface area contributed by atoms with Crippen LogP contribution in [0.3, 0.4) is 0 Å². The number of rotatable bonds is 5. The third-order valence-corrected chi connectivity index (χ3v) is 4.75. The lowest BCUT2D eigenvalue weighted by Crippen LogP contribution is -2.32. The number of aromatic nitrogens is 1. The number of amides is 1. The van der Waals surface area contributed by atoms with Gasteiger partial charge in [-0.15, -0.1) is 0 Å². The van der Waals surface area contributed by atoms with Crippen molar-refractivity contribution in [3.05, 3.63) is 74.9 Å². The number of nitrogens with zero attached hydrogens (tertiary/aromatic N) is 2. The van der Waals surface area contributed by atoms with Crippen LogP contribution >= 0.6 is 11.6 Å². The summed E-state index contributed by atoms with van der Waals surface area (Å²) in [4.78, 5) is 27.6. The van der Waals surface area contributed by atoms with Crippen molar-refractivity contribution in [3.63, 3.8) is 0 Å². The van der Waals surface area contributed by atoms with Gasteiger partial charge in [-0.05, 0) is 23.8 Å². The van der Waals surface area contributed by atoms with Crippen molar-refractivity contribution >= 4 is 34.1 Å². The number of pyridine rings is 1. The number of non-ortho nitro benzene ring substituents is 1. The highest BCUT2D eigenvalue weighted by Crippen LogP contribution is 2.40. The lowest BCUT2D eigenvalue weighted by Gasteiger charge is -2.23. The van der Waals surface area contributed by atoms with Gasteiger partial charge < -0.3 is 10.4 Å². The summed E-state index contributed by atoms with van der Waals surface area (Å²) < 4.78 is 0. The van der Waals surface area contributed by atoms with E-state index in [2.05, 4.69) is 10.3 Å². The van der Waals surface area contributed by atoms with Crippen LogP contribution in [0.1, 0.15) is 31.0 Å². The number of carbonyl (C=O) groups excluding carboxylic acids is 1. The third kappa shape index (κ3) is 3.61. The molecule has 3 aromatic rings. The van der Waals surface area contributed by atoms with Gasteiger partial charge in [0.1, 0.15) is 11.3 Å². The molecular weight excluding hydrogens is 382 g/mol. The summed E-state index contributed by atoms with van der Waals surface area (Å²) in [7, 11) is 0. The predicted octanol–water partition coefficient (Wildman–Crippen LogP) is 4.36. The van der Waals surface area contributed by atoms with Crippen LogP contribution in [0.4, 0.5) is 5.69 Å². The smallest absolute Gasteiger partial charge is 0.279 e. The van der Waals surface area contributed by atoms with E-state index in [0.29, 0.717) is 10.6 Å². The number of phenols is 1. The van der Waals surface area contributed by atoms with E-state index in [4.69, 9.17) is 11.6 Å². The summed E-state index contributed by atoms with van der Waals surface area (Å²) in [6.07, 6.45) is 1.44. The number of nitro groups is 1. The standard InChI is InChI=1S/C20H18ClN3O4/c1-11(2)20(26)23-17(12-6-3-4-8-15(12)21)14-10-16(24(27)28)13-7-5-9-22-18(13)19(14)25/h3-11,17,25H,1-2H3,(H,23,26)/t17-/m1/s1. The number of benzene rings is 2. The average molecular weight is 400 g/mol. The zero-order valence-electron chi connectivity index (χ0n) is 15.2. The summed E-state index contributed by atoms with van der Waals surface area (Å²) in [5.41, 5.74) is 0.535. The molecular formula is C20H18ClN3O4. The first-order chi connectivity index (χ1) is 13.3. The minimum Gasteiger partial charge on any atom is -0.505 e. The minimum absolute atomic E-state index is 0.0857. The van der Waals surface area contributed by atoms with Crippen LogP contribution in [0.15, 0.2) is 48.7 Å². The lowest BCUT2D eigenvalue weighted by atomic mass is 9.94. The second-order valence-electron chi connectivity index (χ2n) is 6.61. The Morgan fingerprint density at radius 2 is 1.93 bits per heavy atom. The molecule has 28 heavy (non-hydrogen) atoms. The van der Waals surface area contributed by atoms with Crippen LogP contribution in [-0.4, -0.2) is 20.9 Å². The molecule has 144 valence electrons. The topological polar surface area (TPSA) is 105 Å². The van der Waals surface area contributed by atoms with E-state index in [1.807, 2.05) is 0 Å². The van der Waals surface area contributed by atoms with Crippen molar-refractivity contribution in [2.24, 2.45) is 5.92 Å². The van der Waals surface area contributed by atoms with Crippen molar-refractivity contribution < 1.29 is 14.8 Å². The van der Waals surface area contributed by atoms with Crippen molar-refractivity contribution in [3.8, 4) is 5.75 Å². The Morgan fingerprint density at radius 3 is 2.57 bits per heavy atom. The van der Waals surface area contributed by atoms with Gasteiger partial charge >= 0.3 is 0 Å². The molecule has 0 saturated carbocycles. The normalized spacial score (nSPS) is 12.1. The van der Waals surface area contributed by atoms with Crippen molar-refractivity contribution in [1.82, 2.24) is 10.3 Å². The minimum atomic E-state index is -0.881. The third-order valence-electron chi connectivity index (χ3n) is 4.41. The van der Waals surface area contributed by atoms with Gasteiger partial charge in [0.15, 0.2) is 0 Å². The maximum atomic E-state index is 12.4. The van der Waals surface area contributed by atoms with Crippen molar-refractivity contribution in [1.29, 1.82) is 0 Å². The van der Waals surface area contributed by atoms with Crippen molar-refractivity contribution in [2.75, 3.05) is 0 Å². The summed E-state index contributed by atoms with van der Waals surface area (Å²) in [5.74, 6) is -0.857.